The molecule has 9 heteroatoms. The van der Waals surface area contributed by atoms with Crippen LogP contribution < -0.4 is 10.1 Å². The van der Waals surface area contributed by atoms with E-state index >= 15 is 0 Å². The molecule has 0 radical (unpaired) electrons. The zero-order valence-corrected chi connectivity index (χ0v) is 22.8. The Hall–Kier alpha value is -3.65. The van der Waals surface area contributed by atoms with Crippen molar-refractivity contribution >= 4 is 34.1 Å². The number of methoxy groups -OCH3 is 1. The molecule has 0 saturated carbocycles. The van der Waals surface area contributed by atoms with Gasteiger partial charge < -0.3 is 15.0 Å². The SMILES string of the molecule is CCCCNc1cc(OC)cc(-c2nc(C(=O)N(C)Cc3cnn(CC)c3C)c3cc(Cl)ccc3n2)c1. The molecule has 2 aromatic carbocycles. The van der Waals surface area contributed by atoms with Crippen molar-refractivity contribution in [2.24, 2.45) is 0 Å². The van der Waals surface area contributed by atoms with Crippen LogP contribution in [0.15, 0.2) is 42.6 Å². The topological polar surface area (TPSA) is 85.2 Å². The van der Waals surface area contributed by atoms with E-state index in [1.54, 1.807) is 31.2 Å². The minimum Gasteiger partial charge on any atom is -0.497 e. The van der Waals surface area contributed by atoms with Gasteiger partial charge in [-0.3, -0.25) is 9.48 Å². The molecule has 0 aliphatic carbocycles. The zero-order chi connectivity index (χ0) is 26.5. The first kappa shape index (κ1) is 26.4. The Kier molecular flexibility index (Phi) is 8.28. The van der Waals surface area contributed by atoms with Crippen molar-refractivity contribution in [1.29, 1.82) is 0 Å². The second-order valence-corrected chi connectivity index (χ2v) is 9.46. The monoisotopic (exact) mass is 520 g/mol. The summed E-state index contributed by atoms with van der Waals surface area (Å²) in [6, 6.07) is 11.1. The molecule has 0 saturated heterocycles. The molecule has 2 heterocycles. The maximum Gasteiger partial charge on any atom is 0.273 e. The molecular formula is C28H33ClN6O2. The number of nitrogens with one attached hydrogen (secondary N) is 1. The fourth-order valence-corrected chi connectivity index (χ4v) is 4.39. The van der Waals surface area contributed by atoms with Gasteiger partial charge in [0.15, 0.2) is 5.82 Å². The summed E-state index contributed by atoms with van der Waals surface area (Å²) < 4.78 is 7.45. The number of anilines is 1. The molecule has 0 spiro atoms. The van der Waals surface area contributed by atoms with Crippen LogP contribution in [0.1, 0.15) is 48.4 Å². The predicted octanol–water partition coefficient (Wildman–Crippen LogP) is 5.97. The molecule has 0 atom stereocenters. The number of nitrogens with zero attached hydrogens (tertiary/aromatic N) is 5. The van der Waals surface area contributed by atoms with Crippen molar-refractivity contribution in [3.8, 4) is 17.1 Å². The van der Waals surface area contributed by atoms with Gasteiger partial charge in [0.2, 0.25) is 0 Å². The number of halogens is 1. The molecule has 0 bridgehead atoms. The summed E-state index contributed by atoms with van der Waals surface area (Å²) in [5, 5.41) is 8.97. The molecule has 0 aliphatic rings. The number of rotatable bonds is 10. The quantitative estimate of drug-likeness (QED) is 0.259. The maximum absolute atomic E-state index is 13.7. The smallest absolute Gasteiger partial charge is 0.273 e. The van der Waals surface area contributed by atoms with E-state index in [2.05, 4.69) is 17.3 Å². The second-order valence-electron chi connectivity index (χ2n) is 9.02. The maximum atomic E-state index is 13.7. The molecule has 1 N–H and O–H groups in total. The number of carbonyl (C=O) groups is 1. The minimum atomic E-state index is -0.219. The van der Waals surface area contributed by atoms with Crippen molar-refractivity contribution in [3.63, 3.8) is 0 Å². The lowest BCUT2D eigenvalue weighted by Gasteiger charge is -2.18. The third kappa shape index (κ3) is 5.85. The van der Waals surface area contributed by atoms with E-state index in [-0.39, 0.29) is 5.91 Å². The Morgan fingerprint density at radius 1 is 1.16 bits per heavy atom. The van der Waals surface area contributed by atoms with Crippen LogP contribution in [-0.4, -0.2) is 51.3 Å². The number of carbonyl (C=O) groups excluding carboxylic acids is 1. The fourth-order valence-electron chi connectivity index (χ4n) is 4.22. The molecule has 2 aromatic heterocycles. The van der Waals surface area contributed by atoms with Gasteiger partial charge in [0.05, 0.1) is 18.8 Å². The summed E-state index contributed by atoms with van der Waals surface area (Å²) in [6.45, 7) is 8.25. The molecule has 4 aromatic rings. The van der Waals surface area contributed by atoms with E-state index in [4.69, 9.17) is 26.3 Å². The lowest BCUT2D eigenvalue weighted by Crippen LogP contribution is -2.27. The van der Waals surface area contributed by atoms with Crippen LogP contribution in [0.5, 0.6) is 5.75 Å². The zero-order valence-electron chi connectivity index (χ0n) is 22.0. The fraction of sp³-hybridized carbons (Fsp3) is 0.357. The molecule has 4 rings (SSSR count). The van der Waals surface area contributed by atoms with Crippen molar-refractivity contribution in [2.75, 3.05) is 26.0 Å². The van der Waals surface area contributed by atoms with Crippen LogP contribution in [0.4, 0.5) is 5.69 Å². The third-order valence-electron chi connectivity index (χ3n) is 6.38. The average molecular weight is 521 g/mol. The second kappa shape index (κ2) is 11.6. The van der Waals surface area contributed by atoms with E-state index in [1.165, 1.54) is 0 Å². The number of benzene rings is 2. The summed E-state index contributed by atoms with van der Waals surface area (Å²) in [4.78, 5) is 24.9. The summed E-state index contributed by atoms with van der Waals surface area (Å²) in [5.74, 6) is 0.910. The average Bonchev–Trinajstić information content (AvgIpc) is 3.26. The van der Waals surface area contributed by atoms with E-state index in [0.717, 1.165) is 48.4 Å². The van der Waals surface area contributed by atoms with Crippen molar-refractivity contribution in [1.82, 2.24) is 24.6 Å². The summed E-state index contributed by atoms with van der Waals surface area (Å²) in [6.07, 6.45) is 3.96. The number of amides is 1. The first-order valence-electron chi connectivity index (χ1n) is 12.5. The van der Waals surface area contributed by atoms with Gasteiger partial charge in [-0.1, -0.05) is 24.9 Å². The molecule has 194 valence electrons. The first-order valence-corrected chi connectivity index (χ1v) is 12.9. The molecule has 0 fully saturated rings. The normalized spacial score (nSPS) is 11.1. The molecule has 0 aliphatic heterocycles. The van der Waals surface area contributed by atoms with Crippen LogP contribution in [0, 0.1) is 6.92 Å². The van der Waals surface area contributed by atoms with Gasteiger partial charge in [-0.05, 0) is 50.6 Å². The van der Waals surface area contributed by atoms with E-state index in [9.17, 15) is 4.79 Å². The number of ether oxygens (including phenoxy) is 1. The standard InChI is InChI=1S/C28H33ClN6O2/c1-6-8-11-30-22-12-19(13-23(15-22)37-5)27-32-25-10-9-21(29)14-24(25)26(33-27)28(36)34(4)17-20-16-31-35(7-2)18(20)3/h9-10,12-16,30H,6-8,11,17H2,1-5H3. The molecule has 1 amide bonds. The van der Waals surface area contributed by atoms with Gasteiger partial charge in [0, 0.05) is 65.7 Å². The van der Waals surface area contributed by atoms with E-state index < -0.39 is 0 Å². The Labute approximate surface area is 222 Å². The number of hydrogen-bond acceptors (Lipinski definition) is 6. The molecule has 8 nitrogen and oxygen atoms in total. The van der Waals surface area contributed by atoms with Crippen molar-refractivity contribution in [2.45, 2.75) is 46.7 Å². The largest absolute Gasteiger partial charge is 0.497 e. The van der Waals surface area contributed by atoms with Gasteiger partial charge in [0.25, 0.3) is 5.91 Å². The highest BCUT2D eigenvalue weighted by Crippen LogP contribution is 2.30. The summed E-state index contributed by atoms with van der Waals surface area (Å²) in [5.41, 5.74) is 4.64. The Morgan fingerprint density at radius 2 is 1.97 bits per heavy atom. The first-order chi connectivity index (χ1) is 17.8. The molecular weight excluding hydrogens is 488 g/mol. The van der Waals surface area contributed by atoms with Crippen LogP contribution in [0.3, 0.4) is 0 Å². The van der Waals surface area contributed by atoms with Crippen LogP contribution in [-0.2, 0) is 13.1 Å². The van der Waals surface area contributed by atoms with Crippen molar-refractivity contribution in [3.05, 3.63) is 64.6 Å². The Bertz CT molecular complexity index is 1420. The van der Waals surface area contributed by atoms with Gasteiger partial charge in [0.1, 0.15) is 11.4 Å². The van der Waals surface area contributed by atoms with Crippen LogP contribution >= 0.6 is 11.6 Å². The van der Waals surface area contributed by atoms with Crippen molar-refractivity contribution < 1.29 is 9.53 Å². The number of fused-ring (bicyclic) bond motifs is 1. The Morgan fingerprint density at radius 3 is 2.68 bits per heavy atom. The number of aryl methyl sites for hydroxylation is 1. The highest BCUT2D eigenvalue weighted by atomic mass is 35.5. The van der Waals surface area contributed by atoms with Crippen LogP contribution in [0.25, 0.3) is 22.3 Å². The highest BCUT2D eigenvalue weighted by molar-refractivity contribution is 6.31. The number of aromatic nitrogens is 4. The van der Waals surface area contributed by atoms with Crippen LogP contribution in [0.2, 0.25) is 5.02 Å². The van der Waals surface area contributed by atoms with E-state index in [1.807, 2.05) is 49.0 Å². The Balaban J connectivity index is 1.76. The lowest BCUT2D eigenvalue weighted by atomic mass is 10.1. The molecule has 37 heavy (non-hydrogen) atoms. The lowest BCUT2D eigenvalue weighted by molar-refractivity contribution is 0.0781. The van der Waals surface area contributed by atoms with E-state index in [0.29, 0.717) is 39.7 Å². The summed E-state index contributed by atoms with van der Waals surface area (Å²) >= 11 is 6.31. The third-order valence-corrected chi connectivity index (χ3v) is 6.61. The van der Waals surface area contributed by atoms with Gasteiger partial charge in [-0.2, -0.15) is 5.10 Å². The summed E-state index contributed by atoms with van der Waals surface area (Å²) in [7, 11) is 3.40. The van der Waals surface area contributed by atoms with Gasteiger partial charge in [-0.25, -0.2) is 9.97 Å². The number of hydrogen-bond donors (Lipinski definition) is 1. The van der Waals surface area contributed by atoms with Gasteiger partial charge in [-0.15, -0.1) is 0 Å². The predicted molar refractivity (Wildman–Crippen MR) is 148 cm³/mol. The number of unbranched alkanes of at least 4 members (excludes halogenated alkanes) is 1. The molecule has 0 unspecified atom stereocenters. The highest BCUT2D eigenvalue weighted by Gasteiger charge is 2.21. The minimum absolute atomic E-state index is 0.219. The van der Waals surface area contributed by atoms with Gasteiger partial charge >= 0.3 is 0 Å².